The molecular weight excluding hydrogens is 166 g/mol. The van der Waals surface area contributed by atoms with Gasteiger partial charge in [-0.1, -0.05) is 13.8 Å². The molecule has 0 bridgehead atoms. The van der Waals surface area contributed by atoms with Crippen molar-refractivity contribution in [2.45, 2.75) is 26.3 Å². The van der Waals surface area contributed by atoms with Crippen molar-refractivity contribution in [2.24, 2.45) is 0 Å². The van der Waals surface area contributed by atoms with E-state index in [0.29, 0.717) is 12.6 Å². The van der Waals surface area contributed by atoms with Gasteiger partial charge in [-0.25, -0.2) is 0 Å². The monoisotopic (exact) mass is 180 g/mol. The standard InChI is InChI=1S/C7H14F2N2O/c1-5(2)10-3-4-11-7(12)6(8)9/h5-6,10H,3-4H2,1-2H3,(H,11,12). The summed E-state index contributed by atoms with van der Waals surface area (Å²) in [7, 11) is 0. The van der Waals surface area contributed by atoms with Crippen LogP contribution < -0.4 is 10.6 Å². The molecular formula is C7H14F2N2O. The molecule has 0 aliphatic rings. The molecule has 72 valence electrons. The quantitative estimate of drug-likeness (QED) is 0.600. The van der Waals surface area contributed by atoms with Crippen LogP contribution in [0.4, 0.5) is 8.78 Å². The molecule has 0 aromatic rings. The topological polar surface area (TPSA) is 41.1 Å². The first kappa shape index (κ1) is 11.3. The van der Waals surface area contributed by atoms with Gasteiger partial charge < -0.3 is 10.6 Å². The van der Waals surface area contributed by atoms with E-state index in [1.807, 2.05) is 13.8 Å². The predicted octanol–water partition coefficient (Wildman–Crippen LogP) is 0.366. The lowest BCUT2D eigenvalue weighted by Gasteiger charge is -2.08. The highest BCUT2D eigenvalue weighted by atomic mass is 19.3. The molecule has 12 heavy (non-hydrogen) atoms. The Hall–Kier alpha value is -0.710. The van der Waals surface area contributed by atoms with E-state index in [1.54, 1.807) is 0 Å². The fourth-order valence-corrected chi connectivity index (χ4v) is 0.624. The summed E-state index contributed by atoms with van der Waals surface area (Å²) in [6, 6.07) is 0.299. The third kappa shape index (κ3) is 6.03. The highest BCUT2D eigenvalue weighted by Gasteiger charge is 2.13. The van der Waals surface area contributed by atoms with Crippen molar-refractivity contribution in [1.29, 1.82) is 0 Å². The Morgan fingerprint density at radius 1 is 1.33 bits per heavy atom. The molecule has 0 saturated heterocycles. The van der Waals surface area contributed by atoms with Crippen LogP contribution in [0, 0.1) is 0 Å². The molecule has 1 amide bonds. The van der Waals surface area contributed by atoms with E-state index >= 15 is 0 Å². The number of alkyl halides is 2. The van der Waals surface area contributed by atoms with Crippen LogP contribution in [0.3, 0.4) is 0 Å². The van der Waals surface area contributed by atoms with E-state index in [1.165, 1.54) is 0 Å². The van der Waals surface area contributed by atoms with Gasteiger partial charge in [0.25, 0.3) is 5.91 Å². The lowest BCUT2D eigenvalue weighted by molar-refractivity contribution is -0.131. The van der Waals surface area contributed by atoms with Crippen molar-refractivity contribution < 1.29 is 13.6 Å². The molecule has 0 unspecified atom stereocenters. The van der Waals surface area contributed by atoms with E-state index < -0.39 is 12.3 Å². The van der Waals surface area contributed by atoms with Crippen LogP contribution >= 0.6 is 0 Å². The first-order valence-corrected chi connectivity index (χ1v) is 3.83. The Morgan fingerprint density at radius 3 is 2.33 bits per heavy atom. The molecule has 0 aromatic heterocycles. The molecule has 0 radical (unpaired) electrons. The molecule has 0 aromatic carbocycles. The minimum absolute atomic E-state index is 0.237. The van der Waals surface area contributed by atoms with E-state index in [9.17, 15) is 13.6 Å². The van der Waals surface area contributed by atoms with Gasteiger partial charge in [0.05, 0.1) is 0 Å². The first-order chi connectivity index (χ1) is 5.54. The summed E-state index contributed by atoms with van der Waals surface area (Å²) in [4.78, 5) is 10.3. The van der Waals surface area contributed by atoms with Crippen LogP contribution in [-0.2, 0) is 4.79 Å². The van der Waals surface area contributed by atoms with Gasteiger partial charge in [0.15, 0.2) is 0 Å². The molecule has 2 N–H and O–H groups in total. The number of nitrogens with one attached hydrogen (secondary N) is 2. The maximum atomic E-state index is 11.6. The van der Waals surface area contributed by atoms with Gasteiger partial charge in [-0.3, -0.25) is 4.79 Å². The van der Waals surface area contributed by atoms with Gasteiger partial charge in [-0.2, -0.15) is 8.78 Å². The normalized spacial score (nSPS) is 10.8. The van der Waals surface area contributed by atoms with Crippen LogP contribution in [0.5, 0.6) is 0 Å². The zero-order chi connectivity index (χ0) is 9.56. The Balaban J connectivity index is 3.26. The summed E-state index contributed by atoms with van der Waals surface area (Å²) in [6.07, 6.45) is -2.91. The molecule has 5 heteroatoms. The van der Waals surface area contributed by atoms with Gasteiger partial charge in [0.1, 0.15) is 0 Å². The highest BCUT2D eigenvalue weighted by Crippen LogP contribution is 1.89. The molecule has 3 nitrogen and oxygen atoms in total. The average molecular weight is 180 g/mol. The number of amides is 1. The molecule has 0 heterocycles. The van der Waals surface area contributed by atoms with Crippen molar-refractivity contribution in [3.8, 4) is 0 Å². The highest BCUT2D eigenvalue weighted by molar-refractivity contribution is 5.78. The number of hydrogen-bond acceptors (Lipinski definition) is 2. The zero-order valence-corrected chi connectivity index (χ0v) is 7.23. The summed E-state index contributed by atoms with van der Waals surface area (Å²) >= 11 is 0. The molecule has 0 aliphatic carbocycles. The maximum absolute atomic E-state index is 11.6. The Bertz CT molecular complexity index is 139. The third-order valence-corrected chi connectivity index (χ3v) is 1.18. The summed E-state index contributed by atoms with van der Waals surface area (Å²) in [5, 5.41) is 5.07. The Labute approximate surface area is 70.5 Å². The lowest BCUT2D eigenvalue weighted by atomic mass is 10.4. The molecule has 0 saturated carbocycles. The largest absolute Gasteiger partial charge is 0.350 e. The molecule has 0 fully saturated rings. The maximum Gasteiger partial charge on any atom is 0.315 e. The van der Waals surface area contributed by atoms with Gasteiger partial charge in [0.2, 0.25) is 0 Å². The molecule has 0 spiro atoms. The number of carbonyl (C=O) groups excluding carboxylic acids is 1. The second-order valence-electron chi connectivity index (χ2n) is 2.70. The molecule has 0 aliphatic heterocycles. The number of hydrogen-bond donors (Lipinski definition) is 2. The molecule has 0 atom stereocenters. The van der Waals surface area contributed by atoms with E-state index in [0.717, 1.165) is 0 Å². The van der Waals surface area contributed by atoms with Crippen LogP contribution in [0.25, 0.3) is 0 Å². The second kappa shape index (κ2) is 5.88. The summed E-state index contributed by atoms with van der Waals surface area (Å²) in [5.74, 6) is -1.21. The van der Waals surface area contributed by atoms with E-state index in [2.05, 4.69) is 10.6 Å². The van der Waals surface area contributed by atoms with Crippen molar-refractivity contribution in [2.75, 3.05) is 13.1 Å². The summed E-state index contributed by atoms with van der Waals surface area (Å²) in [5.41, 5.74) is 0. The average Bonchev–Trinajstić information content (AvgIpc) is 1.97. The molecule has 0 rings (SSSR count). The van der Waals surface area contributed by atoms with Crippen molar-refractivity contribution in [1.82, 2.24) is 10.6 Å². The van der Waals surface area contributed by atoms with Crippen LogP contribution in [0.15, 0.2) is 0 Å². The van der Waals surface area contributed by atoms with Crippen molar-refractivity contribution in [3.05, 3.63) is 0 Å². The fourth-order valence-electron chi connectivity index (χ4n) is 0.624. The third-order valence-electron chi connectivity index (χ3n) is 1.18. The van der Waals surface area contributed by atoms with Crippen molar-refractivity contribution in [3.63, 3.8) is 0 Å². The number of rotatable bonds is 5. The lowest BCUT2D eigenvalue weighted by Crippen LogP contribution is -2.37. The minimum Gasteiger partial charge on any atom is -0.350 e. The van der Waals surface area contributed by atoms with Crippen LogP contribution in [0.1, 0.15) is 13.8 Å². The van der Waals surface area contributed by atoms with E-state index in [-0.39, 0.29) is 6.54 Å². The first-order valence-electron chi connectivity index (χ1n) is 3.83. The Kier molecular flexibility index (Phi) is 5.53. The second-order valence-corrected chi connectivity index (χ2v) is 2.70. The van der Waals surface area contributed by atoms with Gasteiger partial charge in [-0.15, -0.1) is 0 Å². The summed E-state index contributed by atoms with van der Waals surface area (Å²) in [6.45, 7) is 4.63. The van der Waals surface area contributed by atoms with Crippen LogP contribution in [-0.4, -0.2) is 31.5 Å². The predicted molar refractivity (Wildman–Crippen MR) is 42.2 cm³/mol. The van der Waals surface area contributed by atoms with Crippen molar-refractivity contribution >= 4 is 5.91 Å². The summed E-state index contributed by atoms with van der Waals surface area (Å²) < 4.78 is 23.2. The number of halogens is 2. The zero-order valence-electron chi connectivity index (χ0n) is 7.23. The fraction of sp³-hybridized carbons (Fsp3) is 0.857. The smallest absolute Gasteiger partial charge is 0.315 e. The van der Waals surface area contributed by atoms with E-state index in [4.69, 9.17) is 0 Å². The van der Waals surface area contributed by atoms with Gasteiger partial charge in [-0.05, 0) is 0 Å². The minimum atomic E-state index is -2.91. The van der Waals surface area contributed by atoms with Gasteiger partial charge >= 0.3 is 6.43 Å². The van der Waals surface area contributed by atoms with Crippen LogP contribution in [0.2, 0.25) is 0 Å². The number of carbonyl (C=O) groups is 1. The van der Waals surface area contributed by atoms with Gasteiger partial charge in [0, 0.05) is 19.1 Å². The SMILES string of the molecule is CC(C)NCCNC(=O)C(F)F. The Morgan fingerprint density at radius 2 is 1.92 bits per heavy atom.